The Hall–Kier alpha value is -2.47. The van der Waals surface area contributed by atoms with Crippen molar-refractivity contribution in [2.75, 3.05) is 25.5 Å². The van der Waals surface area contributed by atoms with E-state index in [1.54, 1.807) is 7.11 Å². The Kier molecular flexibility index (Phi) is 6.62. The van der Waals surface area contributed by atoms with Crippen LogP contribution in [0.2, 0.25) is 0 Å². The van der Waals surface area contributed by atoms with Crippen LogP contribution in [-0.2, 0) is 11.2 Å². The number of piperidine rings is 1. The molecule has 1 heterocycles. The number of nitrogens with zero attached hydrogens (tertiary/aromatic N) is 1. The summed E-state index contributed by atoms with van der Waals surface area (Å²) in [5, 5.41) is 2.56. The van der Waals surface area contributed by atoms with Crippen LogP contribution in [0.4, 0.5) is 14.5 Å². The zero-order chi connectivity index (χ0) is 20.1. The number of carbonyl (C=O) groups is 1. The minimum atomic E-state index is -0.765. The maximum Gasteiger partial charge on any atom is 0.241 e. The highest BCUT2D eigenvalue weighted by molar-refractivity contribution is 5.94. The van der Waals surface area contributed by atoms with Gasteiger partial charge in [-0.3, -0.25) is 9.69 Å². The van der Waals surface area contributed by atoms with Gasteiger partial charge in [0.25, 0.3) is 0 Å². The number of methoxy groups -OCH3 is 1. The zero-order valence-corrected chi connectivity index (χ0v) is 16.3. The lowest BCUT2D eigenvalue weighted by molar-refractivity contribution is -0.121. The summed E-state index contributed by atoms with van der Waals surface area (Å²) in [6.07, 6.45) is 3.03. The smallest absolute Gasteiger partial charge is 0.241 e. The molecular weight excluding hydrogens is 362 g/mol. The number of likely N-dealkylation sites (tertiary alicyclic amines) is 1. The summed E-state index contributed by atoms with van der Waals surface area (Å²) < 4.78 is 31.9. The van der Waals surface area contributed by atoms with Crippen molar-refractivity contribution >= 4 is 11.6 Å². The largest absolute Gasteiger partial charge is 0.497 e. The van der Waals surface area contributed by atoms with Crippen molar-refractivity contribution < 1.29 is 18.3 Å². The van der Waals surface area contributed by atoms with E-state index in [2.05, 4.69) is 22.3 Å². The second-order valence-corrected chi connectivity index (χ2v) is 7.32. The van der Waals surface area contributed by atoms with Crippen LogP contribution >= 0.6 is 0 Å². The van der Waals surface area contributed by atoms with Gasteiger partial charge in [0.05, 0.1) is 18.8 Å². The van der Waals surface area contributed by atoms with Gasteiger partial charge < -0.3 is 10.1 Å². The van der Waals surface area contributed by atoms with Crippen molar-refractivity contribution in [3.05, 3.63) is 59.7 Å². The third kappa shape index (κ3) is 5.07. The van der Waals surface area contributed by atoms with E-state index in [0.717, 1.165) is 50.2 Å². The second-order valence-electron chi connectivity index (χ2n) is 7.32. The molecule has 1 saturated heterocycles. The van der Waals surface area contributed by atoms with Crippen molar-refractivity contribution in [2.45, 2.75) is 32.2 Å². The number of rotatable bonds is 6. The molecule has 0 radical (unpaired) electrons. The Morgan fingerprint density at radius 2 is 1.86 bits per heavy atom. The van der Waals surface area contributed by atoms with E-state index < -0.39 is 11.6 Å². The molecule has 28 heavy (non-hydrogen) atoms. The molecule has 1 unspecified atom stereocenters. The summed E-state index contributed by atoms with van der Waals surface area (Å²) in [4.78, 5) is 14.6. The third-order valence-electron chi connectivity index (χ3n) is 5.45. The highest BCUT2D eigenvalue weighted by Gasteiger charge is 2.27. The van der Waals surface area contributed by atoms with Crippen molar-refractivity contribution in [1.82, 2.24) is 4.90 Å². The maximum absolute atomic E-state index is 13.7. The average Bonchev–Trinajstić information content (AvgIpc) is 2.70. The van der Waals surface area contributed by atoms with Gasteiger partial charge in [0.15, 0.2) is 0 Å². The van der Waals surface area contributed by atoms with Crippen molar-refractivity contribution in [2.24, 2.45) is 5.92 Å². The van der Waals surface area contributed by atoms with E-state index in [0.29, 0.717) is 5.92 Å². The van der Waals surface area contributed by atoms with E-state index in [-0.39, 0.29) is 17.6 Å². The Bertz CT molecular complexity index is 803. The lowest BCUT2D eigenvalue weighted by Crippen LogP contribution is -2.46. The van der Waals surface area contributed by atoms with Crippen molar-refractivity contribution in [3.8, 4) is 5.75 Å². The molecule has 2 aromatic carbocycles. The number of benzene rings is 2. The van der Waals surface area contributed by atoms with Gasteiger partial charge in [-0.1, -0.05) is 12.1 Å². The maximum atomic E-state index is 13.7. The summed E-state index contributed by atoms with van der Waals surface area (Å²) >= 11 is 0. The number of hydrogen-bond acceptors (Lipinski definition) is 3. The van der Waals surface area contributed by atoms with Gasteiger partial charge in [0, 0.05) is 6.07 Å². The molecule has 0 bridgehead atoms. The molecule has 0 aromatic heterocycles. The number of ether oxygens (including phenoxy) is 1. The van der Waals surface area contributed by atoms with E-state index in [9.17, 15) is 13.6 Å². The molecule has 1 aliphatic heterocycles. The Morgan fingerprint density at radius 1 is 1.18 bits per heavy atom. The van der Waals surface area contributed by atoms with Crippen LogP contribution in [0.5, 0.6) is 5.75 Å². The molecule has 1 atom stereocenters. The van der Waals surface area contributed by atoms with E-state index in [1.165, 1.54) is 11.6 Å². The first-order chi connectivity index (χ1) is 13.5. The molecule has 1 aliphatic rings. The number of hydrogen-bond donors (Lipinski definition) is 1. The summed E-state index contributed by atoms with van der Waals surface area (Å²) in [5.74, 6) is -0.272. The van der Waals surface area contributed by atoms with Crippen LogP contribution in [0.15, 0.2) is 42.5 Å². The summed E-state index contributed by atoms with van der Waals surface area (Å²) in [6, 6.07) is 10.9. The molecule has 4 nitrogen and oxygen atoms in total. The van der Waals surface area contributed by atoms with Gasteiger partial charge >= 0.3 is 0 Å². The molecule has 3 rings (SSSR count). The Morgan fingerprint density at radius 3 is 2.46 bits per heavy atom. The third-order valence-corrected chi connectivity index (χ3v) is 5.45. The van der Waals surface area contributed by atoms with Crippen LogP contribution in [0.3, 0.4) is 0 Å². The fourth-order valence-corrected chi connectivity index (χ4v) is 3.63. The predicted octanol–water partition coefficient (Wildman–Crippen LogP) is 4.26. The summed E-state index contributed by atoms with van der Waals surface area (Å²) in [6.45, 7) is 3.46. The Labute approximate surface area is 164 Å². The van der Waals surface area contributed by atoms with Crippen LogP contribution in [0.25, 0.3) is 0 Å². The van der Waals surface area contributed by atoms with Gasteiger partial charge in [-0.2, -0.15) is 0 Å². The van der Waals surface area contributed by atoms with Gasteiger partial charge in [-0.05, 0) is 75.0 Å². The molecule has 2 aromatic rings. The number of nitrogens with one attached hydrogen (secondary N) is 1. The average molecular weight is 388 g/mol. The zero-order valence-electron chi connectivity index (χ0n) is 16.3. The molecule has 1 amide bonds. The first-order valence-corrected chi connectivity index (χ1v) is 9.59. The van der Waals surface area contributed by atoms with Gasteiger partial charge in [-0.25, -0.2) is 8.78 Å². The quantitative estimate of drug-likeness (QED) is 0.804. The van der Waals surface area contributed by atoms with Crippen LogP contribution in [0, 0.1) is 17.6 Å². The minimum Gasteiger partial charge on any atom is -0.497 e. The SMILES string of the molecule is COc1ccc(CC2CCN(C(C)C(=O)Nc3ccc(F)cc3F)CC2)cc1. The normalized spacial score (nSPS) is 16.6. The second kappa shape index (κ2) is 9.15. The fraction of sp³-hybridized carbons (Fsp3) is 0.409. The topological polar surface area (TPSA) is 41.6 Å². The standard InChI is InChI=1S/C22H26F2N2O2/c1-15(22(27)25-21-8-5-18(23)14-20(21)24)26-11-9-17(10-12-26)13-16-3-6-19(28-2)7-4-16/h3-8,14-15,17H,9-13H2,1-2H3,(H,25,27). The van der Waals surface area contributed by atoms with E-state index >= 15 is 0 Å². The Balaban J connectivity index is 1.49. The first-order valence-electron chi connectivity index (χ1n) is 9.59. The van der Waals surface area contributed by atoms with Crippen LogP contribution in [-0.4, -0.2) is 37.0 Å². The van der Waals surface area contributed by atoms with Crippen LogP contribution in [0.1, 0.15) is 25.3 Å². The lowest BCUT2D eigenvalue weighted by atomic mass is 9.89. The first kappa shape index (κ1) is 20.3. The van der Waals surface area contributed by atoms with Gasteiger partial charge in [-0.15, -0.1) is 0 Å². The predicted molar refractivity (Wildman–Crippen MR) is 105 cm³/mol. The van der Waals surface area contributed by atoms with Crippen LogP contribution < -0.4 is 10.1 Å². The number of carbonyl (C=O) groups excluding carboxylic acids is 1. The molecule has 1 N–H and O–H groups in total. The molecule has 150 valence electrons. The summed E-state index contributed by atoms with van der Waals surface area (Å²) in [5.41, 5.74) is 1.30. The number of halogens is 2. The summed E-state index contributed by atoms with van der Waals surface area (Å²) in [7, 11) is 1.66. The molecule has 0 spiro atoms. The van der Waals surface area contributed by atoms with Crippen molar-refractivity contribution in [1.29, 1.82) is 0 Å². The van der Waals surface area contributed by atoms with Gasteiger partial charge in [0.2, 0.25) is 5.91 Å². The molecular formula is C22H26F2N2O2. The van der Waals surface area contributed by atoms with Gasteiger partial charge in [0.1, 0.15) is 17.4 Å². The highest BCUT2D eigenvalue weighted by Crippen LogP contribution is 2.24. The molecule has 0 aliphatic carbocycles. The fourth-order valence-electron chi connectivity index (χ4n) is 3.63. The highest BCUT2D eigenvalue weighted by atomic mass is 19.1. The molecule has 6 heteroatoms. The number of amides is 1. The van der Waals surface area contributed by atoms with E-state index in [1.807, 2.05) is 19.1 Å². The lowest BCUT2D eigenvalue weighted by Gasteiger charge is -2.35. The van der Waals surface area contributed by atoms with Crippen molar-refractivity contribution in [3.63, 3.8) is 0 Å². The molecule has 0 saturated carbocycles. The number of anilines is 1. The monoisotopic (exact) mass is 388 g/mol. The minimum absolute atomic E-state index is 0.00708. The molecule has 1 fully saturated rings. The van der Waals surface area contributed by atoms with E-state index in [4.69, 9.17) is 4.74 Å².